The fourth-order valence-electron chi connectivity index (χ4n) is 2.87. The maximum atomic E-state index is 4.48. The average molecular weight is 451 g/mol. The molecule has 1 aliphatic heterocycles. The smallest absolute Gasteiger partial charge is 0.191 e. The minimum atomic E-state index is 0. The molecule has 1 unspecified atom stereocenters. The van der Waals surface area contributed by atoms with Gasteiger partial charge in [-0.1, -0.05) is 6.92 Å². The van der Waals surface area contributed by atoms with Gasteiger partial charge in [0, 0.05) is 45.0 Å². The first-order chi connectivity index (χ1) is 10.7. The molecule has 23 heavy (non-hydrogen) atoms. The largest absolute Gasteiger partial charge is 0.356 e. The van der Waals surface area contributed by atoms with E-state index in [2.05, 4.69) is 37.8 Å². The second-order valence-electron chi connectivity index (χ2n) is 6.08. The molecule has 0 saturated carbocycles. The van der Waals surface area contributed by atoms with Gasteiger partial charge in [0.2, 0.25) is 0 Å². The highest BCUT2D eigenvalue weighted by atomic mass is 127. The molecular weight excluding hydrogens is 421 g/mol. The summed E-state index contributed by atoms with van der Waals surface area (Å²) in [5, 5.41) is 10.0. The number of guanidine groups is 1. The first kappa shape index (κ1) is 20.6. The number of hydrogen-bond acceptors (Lipinski definition) is 4. The van der Waals surface area contributed by atoms with Crippen LogP contribution in [0.25, 0.3) is 0 Å². The molecule has 0 radical (unpaired) electrons. The summed E-state index contributed by atoms with van der Waals surface area (Å²) in [6, 6.07) is 0. The van der Waals surface area contributed by atoms with E-state index in [9.17, 15) is 0 Å². The molecular formula is C16H30IN5S. The molecule has 132 valence electrons. The van der Waals surface area contributed by atoms with Gasteiger partial charge in [0.25, 0.3) is 0 Å². The predicted octanol–water partition coefficient (Wildman–Crippen LogP) is 2.51. The van der Waals surface area contributed by atoms with Gasteiger partial charge in [-0.3, -0.25) is 4.99 Å². The third-order valence-corrected chi connectivity index (χ3v) is 4.85. The van der Waals surface area contributed by atoms with Gasteiger partial charge in [-0.05, 0) is 32.2 Å². The number of piperidine rings is 1. The van der Waals surface area contributed by atoms with Crippen LogP contribution in [-0.4, -0.2) is 55.6 Å². The maximum absolute atomic E-state index is 4.48. The Labute approximate surface area is 161 Å². The minimum Gasteiger partial charge on any atom is -0.356 e. The van der Waals surface area contributed by atoms with Crippen molar-refractivity contribution in [2.45, 2.75) is 33.1 Å². The Morgan fingerprint density at radius 3 is 2.87 bits per heavy atom. The first-order valence-electron chi connectivity index (χ1n) is 8.25. The molecule has 0 aromatic carbocycles. The lowest BCUT2D eigenvalue weighted by molar-refractivity contribution is 0.187. The van der Waals surface area contributed by atoms with Crippen LogP contribution in [-0.2, 0) is 6.42 Å². The molecule has 0 aliphatic carbocycles. The van der Waals surface area contributed by atoms with Crippen LogP contribution in [0, 0.1) is 12.8 Å². The van der Waals surface area contributed by atoms with Crippen LogP contribution in [0.5, 0.6) is 0 Å². The Bertz CT molecular complexity index is 477. The predicted molar refractivity (Wildman–Crippen MR) is 110 cm³/mol. The fourth-order valence-corrected chi connectivity index (χ4v) is 3.52. The van der Waals surface area contributed by atoms with Crippen molar-refractivity contribution < 1.29 is 0 Å². The van der Waals surface area contributed by atoms with Crippen molar-refractivity contribution >= 4 is 41.3 Å². The Balaban J connectivity index is 0.00000264. The van der Waals surface area contributed by atoms with Crippen LogP contribution in [0.3, 0.4) is 0 Å². The van der Waals surface area contributed by atoms with Crippen LogP contribution in [0.4, 0.5) is 0 Å². The van der Waals surface area contributed by atoms with Crippen molar-refractivity contribution in [3.63, 3.8) is 0 Å². The topological polar surface area (TPSA) is 52.6 Å². The van der Waals surface area contributed by atoms with E-state index in [1.165, 1.54) is 25.9 Å². The molecule has 1 saturated heterocycles. The zero-order valence-corrected chi connectivity index (χ0v) is 17.6. The number of likely N-dealkylation sites (tertiary alicyclic amines) is 1. The van der Waals surface area contributed by atoms with Gasteiger partial charge >= 0.3 is 0 Å². The van der Waals surface area contributed by atoms with E-state index < -0.39 is 0 Å². The maximum Gasteiger partial charge on any atom is 0.191 e. The van der Waals surface area contributed by atoms with Crippen molar-refractivity contribution in [3.8, 4) is 0 Å². The first-order valence-corrected chi connectivity index (χ1v) is 9.13. The lowest BCUT2D eigenvalue weighted by Gasteiger charge is -2.30. The average Bonchev–Trinajstić information content (AvgIpc) is 2.91. The van der Waals surface area contributed by atoms with E-state index in [-0.39, 0.29) is 24.0 Å². The summed E-state index contributed by atoms with van der Waals surface area (Å²) in [5.74, 6) is 1.73. The van der Waals surface area contributed by atoms with Gasteiger partial charge in [-0.25, -0.2) is 4.98 Å². The van der Waals surface area contributed by atoms with E-state index in [1.807, 2.05) is 14.0 Å². The van der Waals surface area contributed by atoms with Crippen LogP contribution >= 0.6 is 35.3 Å². The molecule has 1 fully saturated rings. The number of nitrogens with zero attached hydrogens (tertiary/aromatic N) is 3. The molecule has 0 spiro atoms. The molecule has 5 nitrogen and oxygen atoms in total. The summed E-state index contributed by atoms with van der Waals surface area (Å²) in [6.07, 6.45) is 3.65. The Kier molecular flexibility index (Phi) is 10.0. The number of aliphatic imine (C=N–C) groups is 1. The molecule has 2 heterocycles. The van der Waals surface area contributed by atoms with Gasteiger partial charge in [-0.15, -0.1) is 35.3 Å². The molecule has 1 aromatic heterocycles. The van der Waals surface area contributed by atoms with Gasteiger partial charge in [0.1, 0.15) is 0 Å². The summed E-state index contributed by atoms with van der Waals surface area (Å²) in [4.78, 5) is 11.3. The highest BCUT2D eigenvalue weighted by Gasteiger charge is 2.15. The normalized spacial score (nSPS) is 19.3. The van der Waals surface area contributed by atoms with E-state index in [1.54, 1.807) is 11.3 Å². The number of nitrogens with one attached hydrogen (secondary N) is 2. The highest BCUT2D eigenvalue weighted by Crippen LogP contribution is 2.14. The zero-order valence-electron chi connectivity index (χ0n) is 14.5. The van der Waals surface area contributed by atoms with Crippen LogP contribution in [0.2, 0.25) is 0 Å². The number of rotatable bonds is 6. The molecule has 1 aromatic rings. The van der Waals surface area contributed by atoms with Gasteiger partial charge in [0.05, 0.1) is 10.7 Å². The van der Waals surface area contributed by atoms with Gasteiger partial charge in [0.15, 0.2) is 5.96 Å². The van der Waals surface area contributed by atoms with Crippen molar-refractivity contribution in [3.05, 3.63) is 16.1 Å². The molecule has 2 rings (SSSR count). The SMILES string of the molecule is CN=C(NCCc1csc(C)n1)NCCN1CCCC(C)C1.I. The lowest BCUT2D eigenvalue weighted by atomic mass is 10.0. The number of halogens is 1. The monoisotopic (exact) mass is 451 g/mol. The number of aromatic nitrogens is 1. The Hall–Kier alpha value is -0.410. The molecule has 1 atom stereocenters. The third kappa shape index (κ3) is 7.80. The van der Waals surface area contributed by atoms with Crippen LogP contribution < -0.4 is 10.6 Å². The number of hydrogen-bond donors (Lipinski definition) is 2. The molecule has 0 amide bonds. The highest BCUT2D eigenvalue weighted by molar-refractivity contribution is 14.0. The van der Waals surface area contributed by atoms with E-state index in [0.29, 0.717) is 0 Å². The van der Waals surface area contributed by atoms with E-state index >= 15 is 0 Å². The number of aryl methyl sites for hydroxylation is 1. The molecule has 0 bridgehead atoms. The van der Waals surface area contributed by atoms with Crippen molar-refractivity contribution in [2.24, 2.45) is 10.9 Å². The van der Waals surface area contributed by atoms with Crippen LogP contribution in [0.15, 0.2) is 10.4 Å². The van der Waals surface area contributed by atoms with Gasteiger partial charge < -0.3 is 15.5 Å². The van der Waals surface area contributed by atoms with Crippen molar-refractivity contribution in [1.29, 1.82) is 0 Å². The summed E-state index contributed by atoms with van der Waals surface area (Å²) >= 11 is 1.71. The summed E-state index contributed by atoms with van der Waals surface area (Å²) in [7, 11) is 1.82. The molecule has 7 heteroatoms. The van der Waals surface area contributed by atoms with Crippen LogP contribution in [0.1, 0.15) is 30.5 Å². The van der Waals surface area contributed by atoms with E-state index in [4.69, 9.17) is 0 Å². The Morgan fingerprint density at radius 2 is 2.22 bits per heavy atom. The lowest BCUT2D eigenvalue weighted by Crippen LogP contribution is -2.44. The van der Waals surface area contributed by atoms with Crippen molar-refractivity contribution in [1.82, 2.24) is 20.5 Å². The summed E-state index contributed by atoms with van der Waals surface area (Å²) < 4.78 is 0. The molecule has 2 N–H and O–H groups in total. The fraction of sp³-hybridized carbons (Fsp3) is 0.750. The Morgan fingerprint density at radius 1 is 1.43 bits per heavy atom. The quantitative estimate of drug-likeness (QED) is 0.397. The zero-order chi connectivity index (χ0) is 15.8. The summed E-state index contributed by atoms with van der Waals surface area (Å²) in [5.41, 5.74) is 1.16. The van der Waals surface area contributed by atoms with Gasteiger partial charge in [-0.2, -0.15) is 0 Å². The second-order valence-corrected chi connectivity index (χ2v) is 7.14. The standard InChI is InChI=1S/C16H29N5S.HI/c1-13-5-4-9-21(11-13)10-8-19-16(17-3)18-7-6-15-12-22-14(2)20-15;/h12-13H,4-11H2,1-3H3,(H2,17,18,19);1H. The molecule has 1 aliphatic rings. The van der Waals surface area contributed by atoms with Crippen molar-refractivity contribution in [2.75, 3.05) is 39.8 Å². The van der Waals surface area contributed by atoms with E-state index in [0.717, 1.165) is 48.6 Å². The minimum absolute atomic E-state index is 0. The third-order valence-electron chi connectivity index (χ3n) is 4.03. The number of thiazole rings is 1. The summed E-state index contributed by atoms with van der Waals surface area (Å²) in [6.45, 7) is 9.77. The second kappa shape index (κ2) is 11.2.